The lowest BCUT2D eigenvalue weighted by Crippen LogP contribution is -2.52. The van der Waals surface area contributed by atoms with Crippen LogP contribution in [0.1, 0.15) is 30.3 Å². The number of morpholine rings is 1. The monoisotopic (exact) mass is 383 g/mol. The Morgan fingerprint density at radius 2 is 1.86 bits per heavy atom. The first-order valence-electron chi connectivity index (χ1n) is 10.1. The van der Waals surface area contributed by atoms with E-state index in [4.69, 9.17) is 4.74 Å². The normalized spacial score (nSPS) is 20.1. The number of carbonyl (C=O) groups excluding carboxylic acids is 1. The van der Waals surface area contributed by atoms with Crippen LogP contribution in [0.2, 0.25) is 0 Å². The molecule has 2 aliphatic heterocycles. The molecule has 1 aromatic carbocycles. The van der Waals surface area contributed by atoms with Gasteiger partial charge in [-0.25, -0.2) is 9.78 Å². The van der Waals surface area contributed by atoms with Crippen molar-refractivity contribution in [1.82, 2.24) is 24.7 Å². The number of nitrogens with one attached hydrogen (secondary N) is 1. The molecule has 1 aromatic heterocycles. The zero-order valence-electron chi connectivity index (χ0n) is 16.5. The second-order valence-corrected chi connectivity index (χ2v) is 7.56. The molecule has 2 fully saturated rings. The van der Waals surface area contributed by atoms with E-state index in [1.54, 1.807) is 6.20 Å². The van der Waals surface area contributed by atoms with E-state index in [0.717, 1.165) is 63.6 Å². The Morgan fingerprint density at radius 1 is 1.14 bits per heavy atom. The van der Waals surface area contributed by atoms with Gasteiger partial charge >= 0.3 is 6.03 Å². The van der Waals surface area contributed by atoms with Crippen LogP contribution in [0.15, 0.2) is 42.7 Å². The van der Waals surface area contributed by atoms with Crippen molar-refractivity contribution < 1.29 is 9.53 Å². The minimum Gasteiger partial charge on any atom is -0.379 e. The van der Waals surface area contributed by atoms with Crippen molar-refractivity contribution >= 4 is 6.03 Å². The number of rotatable bonds is 4. The Bertz CT molecular complexity index is 764. The summed E-state index contributed by atoms with van der Waals surface area (Å²) in [4.78, 5) is 21.9. The standard InChI is InChI=1S/C21H29N5O2/c1-24-12-9-22-20(24)19(17-5-3-2-4-6-17)23-21(27)26-10-7-18(8-11-26)25-13-15-28-16-14-25/h2-6,9,12,18-19H,7-8,10-11,13-16H2,1H3,(H,23,27)/t19-/m0/s1. The van der Waals surface area contributed by atoms with Gasteiger partial charge in [0.15, 0.2) is 0 Å². The topological polar surface area (TPSA) is 62.6 Å². The molecule has 0 radical (unpaired) electrons. The summed E-state index contributed by atoms with van der Waals surface area (Å²) in [5.74, 6) is 0.836. The first kappa shape index (κ1) is 19.0. The first-order chi connectivity index (χ1) is 13.7. The number of aryl methyl sites for hydroxylation is 1. The smallest absolute Gasteiger partial charge is 0.318 e. The average molecular weight is 383 g/mol. The second-order valence-electron chi connectivity index (χ2n) is 7.56. The molecule has 2 amide bonds. The number of ether oxygens (including phenoxy) is 1. The molecule has 7 nitrogen and oxygen atoms in total. The van der Waals surface area contributed by atoms with Gasteiger partial charge in [0.05, 0.1) is 13.2 Å². The van der Waals surface area contributed by atoms with E-state index in [1.165, 1.54) is 0 Å². The lowest BCUT2D eigenvalue weighted by Gasteiger charge is -2.40. The van der Waals surface area contributed by atoms with E-state index >= 15 is 0 Å². The molecule has 1 N–H and O–H groups in total. The summed E-state index contributed by atoms with van der Waals surface area (Å²) in [6.45, 7) is 5.23. The van der Waals surface area contributed by atoms with Crippen molar-refractivity contribution in [2.24, 2.45) is 7.05 Å². The van der Waals surface area contributed by atoms with Crippen molar-refractivity contribution in [2.75, 3.05) is 39.4 Å². The zero-order valence-corrected chi connectivity index (χ0v) is 16.5. The third kappa shape index (κ3) is 4.20. The maximum atomic E-state index is 13.0. The summed E-state index contributed by atoms with van der Waals surface area (Å²) in [6.07, 6.45) is 5.72. The van der Waals surface area contributed by atoms with Crippen LogP contribution in [-0.4, -0.2) is 70.8 Å². The SMILES string of the molecule is Cn1ccnc1[C@@H](NC(=O)N1CCC(N2CCOCC2)CC1)c1ccccc1. The van der Waals surface area contributed by atoms with Crippen LogP contribution in [0.5, 0.6) is 0 Å². The summed E-state index contributed by atoms with van der Waals surface area (Å²) < 4.78 is 7.42. The Balaban J connectivity index is 1.40. The Morgan fingerprint density at radius 3 is 2.50 bits per heavy atom. The fourth-order valence-corrected chi connectivity index (χ4v) is 4.19. The van der Waals surface area contributed by atoms with E-state index in [2.05, 4.69) is 15.2 Å². The van der Waals surface area contributed by atoms with E-state index in [-0.39, 0.29) is 12.1 Å². The van der Waals surface area contributed by atoms with Crippen molar-refractivity contribution in [3.05, 3.63) is 54.1 Å². The van der Waals surface area contributed by atoms with Gasteiger partial charge in [-0.05, 0) is 18.4 Å². The number of likely N-dealkylation sites (tertiary alicyclic amines) is 1. The Kier molecular flexibility index (Phi) is 5.92. The van der Waals surface area contributed by atoms with E-state index in [9.17, 15) is 4.79 Å². The maximum Gasteiger partial charge on any atom is 0.318 e. The first-order valence-corrected chi connectivity index (χ1v) is 10.1. The van der Waals surface area contributed by atoms with Crippen LogP contribution in [0.25, 0.3) is 0 Å². The largest absolute Gasteiger partial charge is 0.379 e. The third-order valence-electron chi connectivity index (χ3n) is 5.83. The number of benzene rings is 1. The Labute approximate surface area is 166 Å². The molecule has 1 atom stereocenters. The van der Waals surface area contributed by atoms with Gasteiger partial charge in [0.25, 0.3) is 0 Å². The van der Waals surface area contributed by atoms with Crippen molar-refractivity contribution in [2.45, 2.75) is 24.9 Å². The highest BCUT2D eigenvalue weighted by molar-refractivity contribution is 5.75. The molecule has 3 heterocycles. The number of piperidine rings is 1. The number of urea groups is 1. The van der Waals surface area contributed by atoms with Crippen molar-refractivity contribution in [3.8, 4) is 0 Å². The molecule has 150 valence electrons. The van der Waals surface area contributed by atoms with E-state index in [1.807, 2.05) is 53.0 Å². The van der Waals surface area contributed by atoms with Crippen molar-refractivity contribution in [3.63, 3.8) is 0 Å². The summed E-state index contributed by atoms with van der Waals surface area (Å²) in [6, 6.07) is 10.3. The van der Waals surface area contributed by atoms with Gasteiger partial charge in [0, 0.05) is 51.7 Å². The number of hydrogen-bond acceptors (Lipinski definition) is 4. The molecule has 0 saturated carbocycles. The highest BCUT2D eigenvalue weighted by Crippen LogP contribution is 2.22. The molecule has 0 bridgehead atoms. The van der Waals surface area contributed by atoms with E-state index in [0.29, 0.717) is 6.04 Å². The zero-order chi connectivity index (χ0) is 19.3. The average Bonchev–Trinajstić information content (AvgIpc) is 3.19. The number of amides is 2. The summed E-state index contributed by atoms with van der Waals surface area (Å²) >= 11 is 0. The summed E-state index contributed by atoms with van der Waals surface area (Å²) in [5, 5.41) is 3.21. The van der Waals surface area contributed by atoms with Crippen LogP contribution in [0.3, 0.4) is 0 Å². The number of hydrogen-bond donors (Lipinski definition) is 1. The molecule has 0 aliphatic carbocycles. The lowest BCUT2D eigenvalue weighted by atomic mass is 10.0. The number of aromatic nitrogens is 2. The van der Waals surface area contributed by atoms with Crippen LogP contribution < -0.4 is 5.32 Å². The molecule has 28 heavy (non-hydrogen) atoms. The van der Waals surface area contributed by atoms with Crippen LogP contribution in [0, 0.1) is 0 Å². The van der Waals surface area contributed by atoms with Crippen LogP contribution in [-0.2, 0) is 11.8 Å². The molecule has 7 heteroatoms. The molecule has 2 saturated heterocycles. The van der Waals surface area contributed by atoms with Gasteiger partial charge in [-0.2, -0.15) is 0 Å². The molecule has 2 aliphatic rings. The molecule has 2 aromatic rings. The highest BCUT2D eigenvalue weighted by Gasteiger charge is 2.29. The minimum absolute atomic E-state index is 0.0164. The van der Waals surface area contributed by atoms with Crippen LogP contribution in [0.4, 0.5) is 4.79 Å². The lowest BCUT2D eigenvalue weighted by molar-refractivity contribution is 0.00375. The molecular weight excluding hydrogens is 354 g/mol. The van der Waals surface area contributed by atoms with Gasteiger partial charge in [-0.15, -0.1) is 0 Å². The molecule has 0 unspecified atom stereocenters. The van der Waals surface area contributed by atoms with Gasteiger partial charge in [0.1, 0.15) is 11.9 Å². The van der Waals surface area contributed by atoms with E-state index < -0.39 is 0 Å². The van der Waals surface area contributed by atoms with Gasteiger partial charge in [-0.3, -0.25) is 4.90 Å². The summed E-state index contributed by atoms with van der Waals surface area (Å²) in [5.41, 5.74) is 1.04. The quantitative estimate of drug-likeness (QED) is 0.877. The third-order valence-corrected chi connectivity index (χ3v) is 5.83. The second kappa shape index (κ2) is 8.75. The Hall–Kier alpha value is -2.38. The fourth-order valence-electron chi connectivity index (χ4n) is 4.19. The highest BCUT2D eigenvalue weighted by atomic mass is 16.5. The van der Waals surface area contributed by atoms with Crippen molar-refractivity contribution in [1.29, 1.82) is 0 Å². The van der Waals surface area contributed by atoms with Gasteiger partial charge in [0.2, 0.25) is 0 Å². The number of imidazole rings is 1. The number of carbonyl (C=O) groups is 1. The number of nitrogens with zero attached hydrogens (tertiary/aromatic N) is 4. The van der Waals surface area contributed by atoms with Crippen LogP contribution >= 0.6 is 0 Å². The molecule has 0 spiro atoms. The van der Waals surface area contributed by atoms with Gasteiger partial charge in [-0.1, -0.05) is 30.3 Å². The fraction of sp³-hybridized carbons (Fsp3) is 0.524. The maximum absolute atomic E-state index is 13.0. The predicted molar refractivity (Wildman–Crippen MR) is 107 cm³/mol. The molecule has 4 rings (SSSR count). The molecular formula is C21H29N5O2. The summed E-state index contributed by atoms with van der Waals surface area (Å²) in [7, 11) is 1.96. The van der Waals surface area contributed by atoms with Gasteiger partial charge < -0.3 is 19.5 Å². The predicted octanol–water partition coefficient (Wildman–Crippen LogP) is 2.02. The minimum atomic E-state index is -0.259.